The third kappa shape index (κ3) is 2.73. The van der Waals surface area contributed by atoms with Gasteiger partial charge in [0, 0.05) is 11.8 Å². The molecule has 0 saturated carbocycles. The Morgan fingerprint density at radius 1 is 1.54 bits per heavy atom. The van der Waals surface area contributed by atoms with Gasteiger partial charge in [-0.15, -0.1) is 0 Å². The molecule has 1 rings (SSSR count). The molecule has 0 radical (unpaired) electrons. The molecule has 1 aromatic rings. The van der Waals surface area contributed by atoms with Crippen molar-refractivity contribution in [2.75, 3.05) is 7.11 Å². The van der Waals surface area contributed by atoms with Gasteiger partial charge in [0.15, 0.2) is 16.7 Å². The zero-order valence-electron chi connectivity index (χ0n) is 7.33. The highest BCUT2D eigenvalue weighted by molar-refractivity contribution is 8.13. The van der Waals surface area contributed by atoms with E-state index in [1.54, 1.807) is 6.07 Å². The van der Waals surface area contributed by atoms with Gasteiger partial charge in [-0.2, -0.15) is 0 Å². The number of ether oxygens (including phenoxy) is 1. The van der Waals surface area contributed by atoms with Gasteiger partial charge < -0.3 is 4.74 Å². The van der Waals surface area contributed by atoms with Gasteiger partial charge in [0.2, 0.25) is 0 Å². The van der Waals surface area contributed by atoms with Crippen LogP contribution in [0.4, 0.5) is 4.39 Å². The maximum Gasteiger partial charge on any atom is 0.190 e. The van der Waals surface area contributed by atoms with Crippen molar-refractivity contribution in [3.8, 4) is 5.75 Å². The summed E-state index contributed by atoms with van der Waals surface area (Å²) < 4.78 is 17.8. The van der Waals surface area contributed by atoms with E-state index in [0.29, 0.717) is 4.90 Å². The summed E-state index contributed by atoms with van der Waals surface area (Å²) in [6.45, 7) is 1.44. The van der Waals surface area contributed by atoms with Gasteiger partial charge in [-0.1, -0.05) is 11.8 Å². The number of carbonyl (C=O) groups excluding carboxylic acids is 1. The number of rotatable bonds is 2. The van der Waals surface area contributed by atoms with E-state index in [1.165, 1.54) is 26.2 Å². The molecule has 0 aliphatic carbocycles. The van der Waals surface area contributed by atoms with Gasteiger partial charge >= 0.3 is 0 Å². The monoisotopic (exact) mass is 200 g/mol. The van der Waals surface area contributed by atoms with E-state index in [9.17, 15) is 9.18 Å². The summed E-state index contributed by atoms with van der Waals surface area (Å²) in [5.41, 5.74) is 0. The lowest BCUT2D eigenvalue weighted by Crippen LogP contribution is -1.88. The number of hydrogen-bond acceptors (Lipinski definition) is 3. The minimum Gasteiger partial charge on any atom is -0.494 e. The molecule has 0 fully saturated rings. The second-order valence-electron chi connectivity index (χ2n) is 2.39. The van der Waals surface area contributed by atoms with E-state index in [-0.39, 0.29) is 10.9 Å². The molecule has 0 saturated heterocycles. The molecule has 1 aromatic carbocycles. The summed E-state index contributed by atoms with van der Waals surface area (Å²) in [5.74, 6) is -0.262. The van der Waals surface area contributed by atoms with Crippen molar-refractivity contribution < 1.29 is 13.9 Å². The van der Waals surface area contributed by atoms with Crippen molar-refractivity contribution in [2.24, 2.45) is 0 Å². The molecule has 0 N–H and O–H groups in total. The van der Waals surface area contributed by atoms with Crippen LogP contribution in [0.25, 0.3) is 0 Å². The van der Waals surface area contributed by atoms with Gasteiger partial charge in [0.1, 0.15) is 0 Å². The molecule has 13 heavy (non-hydrogen) atoms. The molecule has 0 bridgehead atoms. The van der Waals surface area contributed by atoms with Crippen molar-refractivity contribution in [3.63, 3.8) is 0 Å². The zero-order valence-corrected chi connectivity index (χ0v) is 8.15. The van der Waals surface area contributed by atoms with Crippen LogP contribution in [-0.4, -0.2) is 12.2 Å². The number of carbonyl (C=O) groups is 1. The third-order valence-corrected chi connectivity index (χ3v) is 2.16. The fraction of sp³-hybridized carbons (Fsp3) is 0.222. The van der Waals surface area contributed by atoms with E-state index in [2.05, 4.69) is 0 Å². The summed E-state index contributed by atoms with van der Waals surface area (Å²) in [7, 11) is 1.40. The van der Waals surface area contributed by atoms with Gasteiger partial charge in [-0.25, -0.2) is 4.39 Å². The molecule has 0 unspecified atom stereocenters. The SMILES string of the molecule is COc1ccc(SC(C)=O)cc1F. The Kier molecular flexibility index (Phi) is 3.31. The number of methoxy groups -OCH3 is 1. The molecule has 0 aliphatic rings. The molecule has 4 heteroatoms. The normalized spacial score (nSPS) is 9.77. The van der Waals surface area contributed by atoms with Crippen LogP contribution in [0.15, 0.2) is 23.1 Å². The Morgan fingerprint density at radius 2 is 2.23 bits per heavy atom. The van der Waals surface area contributed by atoms with Gasteiger partial charge in [-0.3, -0.25) is 4.79 Å². The largest absolute Gasteiger partial charge is 0.494 e. The summed E-state index contributed by atoms with van der Waals surface area (Å²) >= 11 is 0.997. The molecule has 70 valence electrons. The van der Waals surface area contributed by atoms with Crippen LogP contribution in [0.3, 0.4) is 0 Å². The second kappa shape index (κ2) is 4.28. The Morgan fingerprint density at radius 3 is 2.69 bits per heavy atom. The maximum absolute atomic E-state index is 13.1. The lowest BCUT2D eigenvalue weighted by molar-refractivity contribution is -0.109. The average molecular weight is 200 g/mol. The predicted molar refractivity (Wildman–Crippen MR) is 49.5 cm³/mol. The summed E-state index contributed by atoms with van der Waals surface area (Å²) in [5, 5.41) is -0.0652. The first-order valence-electron chi connectivity index (χ1n) is 3.65. The molecule has 0 heterocycles. The molecule has 0 atom stereocenters. The highest BCUT2D eigenvalue weighted by atomic mass is 32.2. The molecular weight excluding hydrogens is 191 g/mol. The van der Waals surface area contributed by atoms with Crippen molar-refractivity contribution in [2.45, 2.75) is 11.8 Å². The van der Waals surface area contributed by atoms with Crippen LogP contribution < -0.4 is 4.74 Å². The molecule has 0 aliphatic heterocycles. The summed E-state index contributed by atoms with van der Waals surface area (Å²) in [6, 6.07) is 4.43. The number of thioether (sulfide) groups is 1. The van der Waals surface area contributed by atoms with Crippen molar-refractivity contribution >= 4 is 16.9 Å². The Hall–Kier alpha value is -1.03. The first kappa shape index (κ1) is 10.1. The first-order valence-corrected chi connectivity index (χ1v) is 4.47. The van der Waals surface area contributed by atoms with Crippen molar-refractivity contribution in [1.29, 1.82) is 0 Å². The van der Waals surface area contributed by atoms with E-state index in [4.69, 9.17) is 4.74 Å². The third-order valence-electron chi connectivity index (χ3n) is 1.38. The Bertz CT molecular complexity index is 325. The van der Waals surface area contributed by atoms with Crippen LogP contribution in [0.5, 0.6) is 5.75 Å². The van der Waals surface area contributed by atoms with Crippen LogP contribution >= 0.6 is 11.8 Å². The highest BCUT2D eigenvalue weighted by Gasteiger charge is 2.04. The fourth-order valence-electron chi connectivity index (χ4n) is 0.877. The second-order valence-corrected chi connectivity index (χ2v) is 3.64. The van der Waals surface area contributed by atoms with Crippen molar-refractivity contribution in [3.05, 3.63) is 24.0 Å². The van der Waals surface area contributed by atoms with Crippen molar-refractivity contribution in [1.82, 2.24) is 0 Å². The van der Waals surface area contributed by atoms with Crippen LogP contribution in [0, 0.1) is 5.82 Å². The predicted octanol–water partition coefficient (Wildman–Crippen LogP) is 2.47. The van der Waals surface area contributed by atoms with Crippen LogP contribution in [0.2, 0.25) is 0 Å². The lowest BCUT2D eigenvalue weighted by atomic mass is 10.3. The Balaban J connectivity index is 2.89. The van der Waals surface area contributed by atoms with Crippen LogP contribution in [0.1, 0.15) is 6.92 Å². The van der Waals surface area contributed by atoms with E-state index >= 15 is 0 Å². The smallest absolute Gasteiger partial charge is 0.190 e. The van der Waals surface area contributed by atoms with Gasteiger partial charge in [0.05, 0.1) is 7.11 Å². The Labute approximate surface area is 80.1 Å². The molecule has 0 spiro atoms. The summed E-state index contributed by atoms with van der Waals surface area (Å²) in [6.07, 6.45) is 0. The molecular formula is C9H9FO2S. The van der Waals surface area contributed by atoms with E-state index in [1.807, 2.05) is 0 Å². The minimum atomic E-state index is -0.450. The molecule has 0 aromatic heterocycles. The minimum absolute atomic E-state index is 0.0652. The van der Waals surface area contributed by atoms with Gasteiger partial charge in [-0.05, 0) is 18.2 Å². The first-order chi connectivity index (χ1) is 6.13. The number of halogens is 1. The standard InChI is InChI=1S/C9H9FO2S/c1-6(11)13-7-3-4-9(12-2)8(10)5-7/h3-5H,1-2H3. The van der Waals surface area contributed by atoms with Crippen LogP contribution in [-0.2, 0) is 4.79 Å². The number of hydrogen-bond donors (Lipinski definition) is 0. The maximum atomic E-state index is 13.1. The van der Waals surface area contributed by atoms with Gasteiger partial charge in [0.25, 0.3) is 0 Å². The quantitative estimate of drug-likeness (QED) is 0.686. The fourth-order valence-corrected chi connectivity index (χ4v) is 1.51. The van der Waals surface area contributed by atoms with E-state index < -0.39 is 5.82 Å². The zero-order chi connectivity index (χ0) is 9.84. The molecule has 2 nitrogen and oxygen atoms in total. The molecule has 0 amide bonds. The topological polar surface area (TPSA) is 26.3 Å². The lowest BCUT2D eigenvalue weighted by Gasteiger charge is -2.02. The average Bonchev–Trinajstić information content (AvgIpc) is 2.03. The summed E-state index contributed by atoms with van der Waals surface area (Å²) in [4.78, 5) is 11.3. The highest BCUT2D eigenvalue weighted by Crippen LogP contribution is 2.24. The number of benzene rings is 1. The van der Waals surface area contributed by atoms with E-state index in [0.717, 1.165) is 11.8 Å².